The van der Waals surface area contributed by atoms with Crippen LogP contribution in [0.4, 0.5) is 4.79 Å². The lowest BCUT2D eigenvalue weighted by molar-refractivity contribution is -0.118. The Kier molecular flexibility index (Phi) is 6.18. The zero-order chi connectivity index (χ0) is 15.0. The van der Waals surface area contributed by atoms with E-state index in [1.807, 2.05) is 30.3 Å². The molecule has 1 amide bonds. The molecule has 1 rings (SSSR count). The highest BCUT2D eigenvalue weighted by atomic mass is 16.6. The number of carbonyl (C=O) groups is 2. The quantitative estimate of drug-likeness (QED) is 0.811. The highest BCUT2D eigenvalue weighted by Gasteiger charge is 2.17. The van der Waals surface area contributed by atoms with Gasteiger partial charge in [-0.25, -0.2) is 4.79 Å². The van der Waals surface area contributed by atoms with E-state index in [1.54, 1.807) is 20.8 Å². The number of carbonyl (C=O) groups excluding carboxylic acids is 2. The lowest BCUT2D eigenvalue weighted by Crippen LogP contribution is -2.38. The van der Waals surface area contributed by atoms with Crippen molar-refractivity contribution < 1.29 is 19.1 Å². The minimum atomic E-state index is -0.692. The van der Waals surface area contributed by atoms with E-state index >= 15 is 0 Å². The molecule has 0 unspecified atom stereocenters. The molecule has 0 heterocycles. The first-order chi connectivity index (χ1) is 9.40. The van der Waals surface area contributed by atoms with Crippen molar-refractivity contribution in [2.75, 3.05) is 6.54 Å². The predicted molar refractivity (Wildman–Crippen MR) is 75.3 cm³/mol. The average Bonchev–Trinajstić information content (AvgIpc) is 2.38. The van der Waals surface area contributed by atoms with Crippen molar-refractivity contribution >= 4 is 12.4 Å². The van der Waals surface area contributed by atoms with Crippen LogP contribution in [0.2, 0.25) is 0 Å². The Morgan fingerprint density at radius 3 is 2.50 bits per heavy atom. The predicted octanol–water partition coefficient (Wildman–Crippen LogP) is 2.30. The molecule has 0 aliphatic heterocycles. The molecule has 20 heavy (non-hydrogen) atoms. The number of benzene rings is 1. The van der Waals surface area contributed by atoms with Crippen LogP contribution >= 0.6 is 0 Å². The zero-order valence-electron chi connectivity index (χ0n) is 12.1. The molecule has 1 atom stereocenters. The van der Waals surface area contributed by atoms with E-state index in [2.05, 4.69) is 5.32 Å². The summed E-state index contributed by atoms with van der Waals surface area (Å²) in [5, 5.41) is 2.51. The van der Waals surface area contributed by atoms with E-state index in [0.29, 0.717) is 12.9 Å². The van der Waals surface area contributed by atoms with E-state index in [9.17, 15) is 9.59 Å². The highest BCUT2D eigenvalue weighted by Crippen LogP contribution is 2.06. The number of ether oxygens (including phenoxy) is 2. The molecule has 0 aliphatic carbocycles. The van der Waals surface area contributed by atoms with Gasteiger partial charge in [0.2, 0.25) is 0 Å². The monoisotopic (exact) mass is 279 g/mol. The molecule has 0 saturated heterocycles. The third-order valence-electron chi connectivity index (χ3n) is 2.31. The van der Waals surface area contributed by atoms with Gasteiger partial charge in [0.15, 0.2) is 6.29 Å². The molecule has 1 N–H and O–H groups in total. The Balaban J connectivity index is 2.33. The second-order valence-electron chi connectivity index (χ2n) is 5.35. The molecule has 0 bridgehead atoms. The van der Waals surface area contributed by atoms with E-state index < -0.39 is 17.8 Å². The standard InChI is InChI=1S/C15H21NO4/c1-15(2,3)20-14(18)16-9-13(10-17)19-11-12-7-5-4-6-8-12/h4-8,10,13H,9,11H2,1-3H3,(H,16,18)/t13-/m1/s1. The number of alkyl carbamates (subject to hydrolysis) is 1. The molecule has 0 fully saturated rings. The maximum absolute atomic E-state index is 11.4. The van der Waals surface area contributed by atoms with Crippen molar-refractivity contribution in [2.45, 2.75) is 39.1 Å². The highest BCUT2D eigenvalue weighted by molar-refractivity contribution is 5.68. The van der Waals surface area contributed by atoms with Crippen LogP contribution in [0.3, 0.4) is 0 Å². The molecule has 0 spiro atoms. The van der Waals surface area contributed by atoms with Crippen LogP contribution in [0.15, 0.2) is 30.3 Å². The van der Waals surface area contributed by atoms with Crippen LogP contribution in [0.25, 0.3) is 0 Å². The van der Waals surface area contributed by atoms with E-state index in [0.717, 1.165) is 5.56 Å². The lowest BCUT2D eigenvalue weighted by Gasteiger charge is -2.20. The smallest absolute Gasteiger partial charge is 0.407 e. The van der Waals surface area contributed by atoms with Gasteiger partial charge >= 0.3 is 6.09 Å². The molecular formula is C15H21NO4. The minimum absolute atomic E-state index is 0.0885. The van der Waals surface area contributed by atoms with Gasteiger partial charge in [0.25, 0.3) is 0 Å². The van der Waals surface area contributed by atoms with Gasteiger partial charge in [-0.1, -0.05) is 30.3 Å². The first-order valence-corrected chi connectivity index (χ1v) is 6.48. The fourth-order valence-electron chi connectivity index (χ4n) is 1.42. The Bertz CT molecular complexity index is 425. The summed E-state index contributed by atoms with van der Waals surface area (Å²) in [7, 11) is 0. The summed E-state index contributed by atoms with van der Waals surface area (Å²) in [6, 6.07) is 9.51. The maximum Gasteiger partial charge on any atom is 0.407 e. The SMILES string of the molecule is CC(C)(C)OC(=O)NC[C@H](C=O)OCc1ccccc1. The van der Waals surface area contributed by atoms with Crippen molar-refractivity contribution in [3.05, 3.63) is 35.9 Å². The molecule has 1 aromatic rings. The normalized spacial score (nSPS) is 12.6. The van der Waals surface area contributed by atoms with Crippen molar-refractivity contribution in [3.63, 3.8) is 0 Å². The molecule has 0 saturated carbocycles. The Hall–Kier alpha value is -1.88. The first kappa shape index (κ1) is 16.2. The van der Waals surface area contributed by atoms with E-state index in [1.165, 1.54) is 0 Å². The van der Waals surface area contributed by atoms with Gasteiger partial charge in [-0.15, -0.1) is 0 Å². The van der Waals surface area contributed by atoms with Gasteiger partial charge in [0.1, 0.15) is 11.7 Å². The molecule has 1 aromatic carbocycles. The van der Waals surface area contributed by atoms with Gasteiger partial charge in [0, 0.05) is 0 Å². The number of hydrogen-bond donors (Lipinski definition) is 1. The summed E-state index contributed by atoms with van der Waals surface area (Å²) in [6.45, 7) is 5.73. The van der Waals surface area contributed by atoms with E-state index in [-0.39, 0.29) is 6.54 Å². The van der Waals surface area contributed by atoms with Crippen LogP contribution in [-0.4, -0.2) is 30.6 Å². The van der Waals surface area contributed by atoms with Crippen LogP contribution in [-0.2, 0) is 20.9 Å². The van der Waals surface area contributed by atoms with Gasteiger partial charge in [-0.2, -0.15) is 0 Å². The first-order valence-electron chi connectivity index (χ1n) is 6.48. The second kappa shape index (κ2) is 7.65. The Morgan fingerprint density at radius 1 is 1.30 bits per heavy atom. The van der Waals surface area contributed by atoms with Crippen LogP contribution in [0.5, 0.6) is 0 Å². The third-order valence-corrected chi connectivity index (χ3v) is 2.31. The maximum atomic E-state index is 11.4. The fourth-order valence-corrected chi connectivity index (χ4v) is 1.42. The van der Waals surface area contributed by atoms with Crippen molar-refractivity contribution in [1.82, 2.24) is 5.32 Å². The Morgan fingerprint density at radius 2 is 1.95 bits per heavy atom. The van der Waals surface area contributed by atoms with Crippen molar-refractivity contribution in [1.29, 1.82) is 0 Å². The topological polar surface area (TPSA) is 64.6 Å². The van der Waals surface area contributed by atoms with Crippen LogP contribution < -0.4 is 5.32 Å². The van der Waals surface area contributed by atoms with E-state index in [4.69, 9.17) is 9.47 Å². The number of aldehydes is 1. The minimum Gasteiger partial charge on any atom is -0.444 e. The van der Waals surface area contributed by atoms with Gasteiger partial charge < -0.3 is 19.6 Å². The van der Waals surface area contributed by atoms with Crippen LogP contribution in [0.1, 0.15) is 26.3 Å². The molecule has 5 nitrogen and oxygen atoms in total. The molecule has 110 valence electrons. The number of nitrogens with one attached hydrogen (secondary N) is 1. The van der Waals surface area contributed by atoms with Crippen molar-refractivity contribution in [3.8, 4) is 0 Å². The molecule has 0 radical (unpaired) electrons. The van der Waals surface area contributed by atoms with Crippen molar-refractivity contribution in [2.24, 2.45) is 0 Å². The molecule has 0 aromatic heterocycles. The average molecular weight is 279 g/mol. The lowest BCUT2D eigenvalue weighted by atomic mass is 10.2. The largest absolute Gasteiger partial charge is 0.444 e. The third kappa shape index (κ3) is 6.89. The molecular weight excluding hydrogens is 258 g/mol. The van der Waals surface area contributed by atoms with Gasteiger partial charge in [0.05, 0.1) is 13.2 Å². The number of hydrogen-bond acceptors (Lipinski definition) is 4. The summed E-state index contributed by atoms with van der Waals surface area (Å²) in [5.74, 6) is 0. The molecule has 0 aliphatic rings. The molecule has 5 heteroatoms. The van der Waals surface area contributed by atoms with Gasteiger partial charge in [-0.3, -0.25) is 0 Å². The number of amides is 1. The van der Waals surface area contributed by atoms with Crippen LogP contribution in [0, 0.1) is 0 Å². The summed E-state index contributed by atoms with van der Waals surface area (Å²) in [6.07, 6.45) is -0.587. The number of rotatable bonds is 6. The van der Waals surface area contributed by atoms with Gasteiger partial charge in [-0.05, 0) is 26.3 Å². The summed E-state index contributed by atoms with van der Waals surface area (Å²) >= 11 is 0. The summed E-state index contributed by atoms with van der Waals surface area (Å²) < 4.78 is 10.5. The summed E-state index contributed by atoms with van der Waals surface area (Å²) in [4.78, 5) is 22.4. The second-order valence-corrected chi connectivity index (χ2v) is 5.35. The zero-order valence-corrected chi connectivity index (χ0v) is 12.1. The summed E-state index contributed by atoms with van der Waals surface area (Å²) in [5.41, 5.74) is 0.405. The fraction of sp³-hybridized carbons (Fsp3) is 0.467. The Labute approximate surface area is 119 Å².